The van der Waals surface area contributed by atoms with Crippen LogP contribution in [0.4, 0.5) is 0 Å². The van der Waals surface area contributed by atoms with E-state index in [2.05, 4.69) is 31.9 Å². The largest absolute Gasteiger partial charge is 0.289 e. The fourth-order valence-electron chi connectivity index (χ4n) is 1.54. The van der Waals surface area contributed by atoms with Gasteiger partial charge in [0, 0.05) is 30.1 Å². The summed E-state index contributed by atoms with van der Waals surface area (Å²) in [5.74, 6) is -0.124. The lowest BCUT2D eigenvalue weighted by molar-refractivity contribution is 0.103. The maximum atomic E-state index is 12.3. The van der Waals surface area contributed by atoms with Gasteiger partial charge in [-0.05, 0) is 36.4 Å². The smallest absolute Gasteiger partial charge is 0.193 e. The van der Waals surface area contributed by atoms with Crippen molar-refractivity contribution in [3.8, 4) is 0 Å². The molecule has 0 aliphatic heterocycles. The first-order valence-electron chi connectivity index (χ1n) is 4.92. The maximum absolute atomic E-state index is 12.3. The van der Waals surface area contributed by atoms with E-state index in [0.717, 1.165) is 8.95 Å². The third-order valence-electron chi connectivity index (χ3n) is 2.25. The van der Waals surface area contributed by atoms with Gasteiger partial charge in [0.15, 0.2) is 5.78 Å². The molecule has 0 atom stereocenters. The van der Waals surface area contributed by atoms with Crippen LogP contribution < -0.4 is 0 Å². The van der Waals surface area contributed by atoms with Crippen molar-refractivity contribution in [2.24, 2.45) is 0 Å². The second-order valence-corrected chi connectivity index (χ2v) is 6.35. The topological polar surface area (TPSA) is 17.1 Å². The SMILES string of the molecule is O=C(c1cc(Cl)cc(Cl)c1)c1cc(Br)cc(Br)c1. The molecule has 0 heterocycles. The number of ketones is 1. The van der Waals surface area contributed by atoms with Gasteiger partial charge in [-0.25, -0.2) is 0 Å². The van der Waals surface area contributed by atoms with E-state index >= 15 is 0 Å². The molecule has 92 valence electrons. The van der Waals surface area contributed by atoms with E-state index < -0.39 is 0 Å². The third-order valence-corrected chi connectivity index (χ3v) is 3.60. The molecule has 2 aromatic carbocycles. The van der Waals surface area contributed by atoms with Crippen LogP contribution in [0.15, 0.2) is 45.3 Å². The molecular formula is C13H6Br2Cl2O. The molecule has 0 unspecified atom stereocenters. The number of hydrogen-bond acceptors (Lipinski definition) is 1. The first-order chi connectivity index (χ1) is 8.45. The van der Waals surface area contributed by atoms with Crippen molar-refractivity contribution in [3.63, 3.8) is 0 Å². The molecule has 0 bridgehead atoms. The van der Waals surface area contributed by atoms with Gasteiger partial charge in [-0.3, -0.25) is 4.79 Å². The summed E-state index contributed by atoms with van der Waals surface area (Å²) in [7, 11) is 0. The Kier molecular flexibility index (Phi) is 4.49. The summed E-state index contributed by atoms with van der Waals surface area (Å²) in [6, 6.07) is 10.2. The van der Waals surface area contributed by atoms with Crippen LogP contribution >= 0.6 is 55.1 Å². The van der Waals surface area contributed by atoms with Crippen molar-refractivity contribution >= 4 is 60.8 Å². The summed E-state index contributed by atoms with van der Waals surface area (Å²) in [5, 5.41) is 0.889. The van der Waals surface area contributed by atoms with Gasteiger partial charge in [-0.15, -0.1) is 0 Å². The minimum Gasteiger partial charge on any atom is -0.289 e. The standard InChI is InChI=1S/C13H6Br2Cl2O/c14-9-1-7(2-10(15)5-9)13(18)8-3-11(16)6-12(17)4-8/h1-6H. The summed E-state index contributed by atoms with van der Waals surface area (Å²) in [6.07, 6.45) is 0. The number of hydrogen-bond donors (Lipinski definition) is 0. The van der Waals surface area contributed by atoms with Crippen molar-refractivity contribution in [2.45, 2.75) is 0 Å². The number of rotatable bonds is 2. The number of carbonyl (C=O) groups is 1. The Hall–Kier alpha value is -0.350. The van der Waals surface area contributed by atoms with Crippen LogP contribution in [-0.2, 0) is 0 Å². The second-order valence-electron chi connectivity index (χ2n) is 3.65. The zero-order valence-electron chi connectivity index (χ0n) is 8.88. The van der Waals surface area contributed by atoms with Crippen LogP contribution in [0.1, 0.15) is 15.9 Å². The van der Waals surface area contributed by atoms with Gasteiger partial charge in [0.2, 0.25) is 0 Å². The molecule has 2 rings (SSSR count). The molecule has 1 nitrogen and oxygen atoms in total. The fraction of sp³-hybridized carbons (Fsp3) is 0. The average molecular weight is 409 g/mol. The van der Waals surface area contributed by atoms with E-state index in [1.54, 1.807) is 30.3 Å². The van der Waals surface area contributed by atoms with E-state index in [1.165, 1.54) is 0 Å². The third kappa shape index (κ3) is 3.35. The zero-order valence-corrected chi connectivity index (χ0v) is 13.6. The van der Waals surface area contributed by atoms with Crippen LogP contribution in [0.25, 0.3) is 0 Å². The van der Waals surface area contributed by atoms with Crippen LogP contribution in [0.3, 0.4) is 0 Å². The Labute approximate surface area is 131 Å². The van der Waals surface area contributed by atoms with Crippen LogP contribution in [0.2, 0.25) is 10.0 Å². The molecule has 0 radical (unpaired) electrons. The maximum Gasteiger partial charge on any atom is 0.193 e. The lowest BCUT2D eigenvalue weighted by atomic mass is 10.0. The normalized spacial score (nSPS) is 10.4. The summed E-state index contributed by atoms with van der Waals surface area (Å²) >= 11 is 18.5. The highest BCUT2D eigenvalue weighted by atomic mass is 79.9. The van der Waals surface area contributed by atoms with Crippen molar-refractivity contribution < 1.29 is 4.79 Å². The second kappa shape index (κ2) is 5.74. The molecule has 0 N–H and O–H groups in total. The first-order valence-corrected chi connectivity index (χ1v) is 7.27. The van der Waals surface area contributed by atoms with E-state index in [0.29, 0.717) is 21.2 Å². The molecule has 5 heteroatoms. The van der Waals surface area contributed by atoms with Gasteiger partial charge < -0.3 is 0 Å². The Bertz CT molecular complexity index is 532. The van der Waals surface area contributed by atoms with E-state index in [9.17, 15) is 4.79 Å². The van der Waals surface area contributed by atoms with Gasteiger partial charge in [-0.1, -0.05) is 55.1 Å². The van der Waals surface area contributed by atoms with Crippen LogP contribution in [0.5, 0.6) is 0 Å². The molecule has 0 aliphatic carbocycles. The van der Waals surface area contributed by atoms with Crippen LogP contribution in [-0.4, -0.2) is 5.78 Å². The summed E-state index contributed by atoms with van der Waals surface area (Å²) in [4.78, 5) is 12.3. The van der Waals surface area contributed by atoms with Gasteiger partial charge >= 0.3 is 0 Å². The van der Waals surface area contributed by atoms with E-state index in [4.69, 9.17) is 23.2 Å². The summed E-state index contributed by atoms with van der Waals surface area (Å²) in [5.41, 5.74) is 1.03. The highest BCUT2D eigenvalue weighted by Gasteiger charge is 2.12. The molecule has 2 aromatic rings. The highest BCUT2D eigenvalue weighted by molar-refractivity contribution is 9.11. The minimum absolute atomic E-state index is 0.124. The van der Waals surface area contributed by atoms with Crippen LogP contribution in [0, 0.1) is 0 Å². The molecular weight excluding hydrogens is 403 g/mol. The molecule has 0 saturated heterocycles. The molecule has 0 aromatic heterocycles. The van der Waals surface area contributed by atoms with Crippen molar-refractivity contribution in [2.75, 3.05) is 0 Å². The van der Waals surface area contributed by atoms with Gasteiger partial charge in [0.1, 0.15) is 0 Å². The monoisotopic (exact) mass is 406 g/mol. The van der Waals surface area contributed by atoms with Gasteiger partial charge in [-0.2, -0.15) is 0 Å². The lowest BCUT2D eigenvalue weighted by Crippen LogP contribution is -2.01. The first kappa shape index (κ1) is 14.1. The Morgan fingerprint density at radius 1 is 0.778 bits per heavy atom. The van der Waals surface area contributed by atoms with Crippen molar-refractivity contribution in [1.82, 2.24) is 0 Å². The quantitative estimate of drug-likeness (QED) is 0.578. The molecule has 0 fully saturated rings. The average Bonchev–Trinajstić information content (AvgIpc) is 2.25. The predicted octanol–water partition coefficient (Wildman–Crippen LogP) is 5.75. The van der Waals surface area contributed by atoms with E-state index in [1.807, 2.05) is 6.07 Å². The number of halogens is 4. The Morgan fingerprint density at radius 3 is 1.72 bits per heavy atom. The fourth-order valence-corrected chi connectivity index (χ4v) is 3.36. The molecule has 18 heavy (non-hydrogen) atoms. The van der Waals surface area contributed by atoms with Crippen molar-refractivity contribution in [3.05, 3.63) is 66.5 Å². The Morgan fingerprint density at radius 2 is 1.22 bits per heavy atom. The summed E-state index contributed by atoms with van der Waals surface area (Å²) < 4.78 is 1.65. The molecule has 0 saturated carbocycles. The van der Waals surface area contributed by atoms with Gasteiger partial charge in [0.05, 0.1) is 0 Å². The number of benzene rings is 2. The highest BCUT2D eigenvalue weighted by Crippen LogP contribution is 2.25. The zero-order chi connectivity index (χ0) is 13.3. The molecule has 0 spiro atoms. The minimum atomic E-state index is -0.124. The Balaban J connectivity index is 2.47. The lowest BCUT2D eigenvalue weighted by Gasteiger charge is -2.04. The predicted molar refractivity (Wildman–Crippen MR) is 81.7 cm³/mol. The van der Waals surface area contributed by atoms with E-state index in [-0.39, 0.29) is 5.78 Å². The van der Waals surface area contributed by atoms with Crippen molar-refractivity contribution in [1.29, 1.82) is 0 Å². The molecule has 0 aliphatic rings. The van der Waals surface area contributed by atoms with Gasteiger partial charge in [0.25, 0.3) is 0 Å². The summed E-state index contributed by atoms with van der Waals surface area (Å²) in [6.45, 7) is 0. The molecule has 0 amide bonds. The number of carbonyl (C=O) groups excluding carboxylic acids is 1.